The maximum Gasteiger partial charge on any atom is 0.253 e. The number of hydrogen-bond acceptors (Lipinski definition) is 3. The van der Waals surface area contributed by atoms with Gasteiger partial charge in [-0.05, 0) is 48.0 Å². The lowest BCUT2D eigenvalue weighted by molar-refractivity contribution is 0.0746. The molecule has 1 heterocycles. The van der Waals surface area contributed by atoms with Crippen molar-refractivity contribution in [2.45, 2.75) is 6.54 Å². The Kier molecular flexibility index (Phi) is 6.53. The van der Waals surface area contributed by atoms with Crippen molar-refractivity contribution >= 4 is 29.1 Å². The zero-order valence-corrected chi connectivity index (χ0v) is 17.9. The Morgan fingerprint density at radius 1 is 0.806 bits per heavy atom. The van der Waals surface area contributed by atoms with E-state index in [-0.39, 0.29) is 11.8 Å². The molecule has 158 valence electrons. The van der Waals surface area contributed by atoms with E-state index in [2.05, 4.69) is 10.2 Å². The number of benzene rings is 3. The summed E-state index contributed by atoms with van der Waals surface area (Å²) in [6, 6.07) is 24.4. The van der Waals surface area contributed by atoms with Crippen molar-refractivity contribution < 1.29 is 9.59 Å². The molecule has 0 bridgehead atoms. The van der Waals surface area contributed by atoms with E-state index in [1.807, 2.05) is 71.6 Å². The van der Waals surface area contributed by atoms with E-state index < -0.39 is 0 Å². The summed E-state index contributed by atoms with van der Waals surface area (Å²) in [5.41, 5.74) is 3.33. The second-order valence-electron chi connectivity index (χ2n) is 7.50. The summed E-state index contributed by atoms with van der Waals surface area (Å²) in [4.78, 5) is 29.2. The normalized spacial score (nSPS) is 13.7. The van der Waals surface area contributed by atoms with Crippen LogP contribution in [0, 0.1) is 0 Å². The number of nitrogens with zero attached hydrogens (tertiary/aromatic N) is 2. The van der Waals surface area contributed by atoms with E-state index in [1.54, 1.807) is 12.1 Å². The minimum Gasteiger partial charge on any atom is -0.368 e. The molecule has 1 saturated heterocycles. The van der Waals surface area contributed by atoms with Crippen LogP contribution < -0.4 is 10.2 Å². The lowest BCUT2D eigenvalue weighted by Crippen LogP contribution is -2.48. The molecule has 4 rings (SSSR count). The molecule has 31 heavy (non-hydrogen) atoms. The van der Waals surface area contributed by atoms with Crippen molar-refractivity contribution in [2.24, 2.45) is 0 Å². The highest BCUT2D eigenvalue weighted by Crippen LogP contribution is 2.21. The molecule has 6 heteroatoms. The summed E-state index contributed by atoms with van der Waals surface area (Å²) in [5.74, 6) is -0.0797. The number of hydrogen-bond donors (Lipinski definition) is 1. The highest BCUT2D eigenvalue weighted by molar-refractivity contribution is 6.30. The van der Waals surface area contributed by atoms with E-state index >= 15 is 0 Å². The van der Waals surface area contributed by atoms with Crippen LogP contribution in [0.2, 0.25) is 5.02 Å². The van der Waals surface area contributed by atoms with Gasteiger partial charge in [-0.2, -0.15) is 0 Å². The van der Waals surface area contributed by atoms with E-state index in [4.69, 9.17) is 11.6 Å². The van der Waals surface area contributed by atoms with Gasteiger partial charge in [0.15, 0.2) is 0 Å². The van der Waals surface area contributed by atoms with Gasteiger partial charge >= 0.3 is 0 Å². The van der Waals surface area contributed by atoms with E-state index in [0.29, 0.717) is 30.8 Å². The Labute approximate surface area is 187 Å². The monoisotopic (exact) mass is 433 g/mol. The van der Waals surface area contributed by atoms with Gasteiger partial charge in [0.2, 0.25) is 0 Å². The molecule has 1 aliphatic rings. The van der Waals surface area contributed by atoms with Gasteiger partial charge in [0.1, 0.15) is 0 Å². The number of anilines is 1. The lowest BCUT2D eigenvalue weighted by atomic mass is 10.1. The van der Waals surface area contributed by atoms with Crippen LogP contribution in [0.4, 0.5) is 5.69 Å². The van der Waals surface area contributed by atoms with Gasteiger partial charge in [0.05, 0.1) is 0 Å². The zero-order chi connectivity index (χ0) is 21.6. The zero-order valence-electron chi connectivity index (χ0n) is 17.1. The Hall–Kier alpha value is -3.31. The fourth-order valence-electron chi connectivity index (χ4n) is 3.66. The first-order chi connectivity index (χ1) is 15.1. The maximum absolute atomic E-state index is 12.9. The van der Waals surface area contributed by atoms with Gasteiger partial charge in [-0.15, -0.1) is 0 Å². The predicted octanol–water partition coefficient (Wildman–Crippen LogP) is 4.23. The van der Waals surface area contributed by atoms with Crippen molar-refractivity contribution in [3.8, 4) is 0 Å². The van der Waals surface area contributed by atoms with Crippen LogP contribution in [0.25, 0.3) is 0 Å². The summed E-state index contributed by atoms with van der Waals surface area (Å²) in [7, 11) is 0. The largest absolute Gasteiger partial charge is 0.368 e. The molecule has 0 aliphatic carbocycles. The lowest BCUT2D eigenvalue weighted by Gasteiger charge is -2.36. The summed E-state index contributed by atoms with van der Waals surface area (Å²) in [6.45, 7) is 3.30. The number of piperazine rings is 1. The Morgan fingerprint density at radius 3 is 2.19 bits per heavy atom. The van der Waals surface area contributed by atoms with Crippen LogP contribution in [0.3, 0.4) is 0 Å². The molecule has 2 amide bonds. The highest BCUT2D eigenvalue weighted by Gasteiger charge is 2.22. The molecule has 3 aromatic carbocycles. The summed E-state index contributed by atoms with van der Waals surface area (Å²) < 4.78 is 0. The third kappa shape index (κ3) is 5.25. The minimum atomic E-state index is -0.113. The molecule has 1 aliphatic heterocycles. The fourth-order valence-corrected chi connectivity index (χ4v) is 3.85. The Balaban J connectivity index is 1.30. The predicted molar refractivity (Wildman–Crippen MR) is 124 cm³/mol. The summed E-state index contributed by atoms with van der Waals surface area (Å²) in [5, 5.41) is 3.62. The molecule has 3 aromatic rings. The molecular weight excluding hydrogens is 410 g/mol. The van der Waals surface area contributed by atoms with Crippen LogP contribution in [0.5, 0.6) is 0 Å². The molecule has 0 radical (unpaired) electrons. The molecule has 0 unspecified atom stereocenters. The third-order valence-corrected chi connectivity index (χ3v) is 5.67. The van der Waals surface area contributed by atoms with Gasteiger partial charge in [0, 0.05) is 54.6 Å². The first-order valence-electron chi connectivity index (χ1n) is 10.3. The first kappa shape index (κ1) is 20.9. The molecule has 0 atom stereocenters. The average molecular weight is 434 g/mol. The van der Waals surface area contributed by atoms with Gasteiger partial charge in [0.25, 0.3) is 11.8 Å². The number of amides is 2. The number of halogens is 1. The van der Waals surface area contributed by atoms with E-state index in [1.165, 1.54) is 0 Å². The average Bonchev–Trinajstić information content (AvgIpc) is 2.83. The van der Waals surface area contributed by atoms with Crippen LogP contribution in [-0.2, 0) is 6.54 Å². The fraction of sp³-hybridized carbons (Fsp3) is 0.200. The van der Waals surface area contributed by atoms with Gasteiger partial charge in [-0.1, -0.05) is 48.0 Å². The molecule has 5 nitrogen and oxygen atoms in total. The van der Waals surface area contributed by atoms with Crippen LogP contribution in [0.15, 0.2) is 78.9 Å². The quantitative estimate of drug-likeness (QED) is 0.655. The SMILES string of the molecule is O=C(NCc1ccc(C(=O)N2CCN(c3cccc(Cl)c3)CC2)cc1)c1ccccc1. The maximum atomic E-state index is 12.9. The molecule has 0 spiro atoms. The summed E-state index contributed by atoms with van der Waals surface area (Å²) in [6.07, 6.45) is 0. The van der Waals surface area contributed by atoms with Crippen molar-refractivity contribution in [2.75, 3.05) is 31.1 Å². The van der Waals surface area contributed by atoms with Crippen molar-refractivity contribution in [1.82, 2.24) is 10.2 Å². The van der Waals surface area contributed by atoms with Gasteiger partial charge in [-0.3, -0.25) is 9.59 Å². The van der Waals surface area contributed by atoms with Crippen LogP contribution >= 0.6 is 11.6 Å². The molecule has 1 N–H and O–H groups in total. The molecule has 0 aromatic heterocycles. The second kappa shape index (κ2) is 9.67. The molecular formula is C25H24ClN3O2. The van der Waals surface area contributed by atoms with E-state index in [0.717, 1.165) is 29.4 Å². The van der Waals surface area contributed by atoms with Gasteiger partial charge in [-0.25, -0.2) is 0 Å². The number of carbonyl (C=O) groups excluding carboxylic acids is 2. The minimum absolute atomic E-state index is 0.0330. The Bertz CT molecular complexity index is 1050. The highest BCUT2D eigenvalue weighted by atomic mass is 35.5. The van der Waals surface area contributed by atoms with Crippen molar-refractivity contribution in [1.29, 1.82) is 0 Å². The first-order valence-corrected chi connectivity index (χ1v) is 10.7. The molecule has 0 saturated carbocycles. The third-order valence-electron chi connectivity index (χ3n) is 5.43. The van der Waals surface area contributed by atoms with Crippen LogP contribution in [-0.4, -0.2) is 42.9 Å². The molecule has 1 fully saturated rings. The number of rotatable bonds is 5. The number of nitrogens with one attached hydrogen (secondary N) is 1. The smallest absolute Gasteiger partial charge is 0.253 e. The number of carbonyl (C=O) groups is 2. The van der Waals surface area contributed by atoms with E-state index in [9.17, 15) is 9.59 Å². The topological polar surface area (TPSA) is 52.7 Å². The van der Waals surface area contributed by atoms with Crippen LogP contribution in [0.1, 0.15) is 26.3 Å². The standard InChI is InChI=1S/C25H24ClN3O2/c26-22-7-4-8-23(17-22)28-13-15-29(16-14-28)25(31)21-11-9-19(10-12-21)18-27-24(30)20-5-2-1-3-6-20/h1-12,17H,13-16,18H2,(H,27,30). The Morgan fingerprint density at radius 2 is 1.52 bits per heavy atom. The van der Waals surface area contributed by atoms with Gasteiger partial charge < -0.3 is 15.1 Å². The second-order valence-corrected chi connectivity index (χ2v) is 7.94. The summed E-state index contributed by atoms with van der Waals surface area (Å²) >= 11 is 6.09. The van der Waals surface area contributed by atoms with Crippen molar-refractivity contribution in [3.63, 3.8) is 0 Å². The van der Waals surface area contributed by atoms with Crippen molar-refractivity contribution in [3.05, 3.63) is 101 Å².